The summed E-state index contributed by atoms with van der Waals surface area (Å²) < 4.78 is 28.2. The van der Waals surface area contributed by atoms with E-state index in [1.54, 1.807) is 0 Å². The van der Waals surface area contributed by atoms with Crippen molar-refractivity contribution < 1.29 is 13.6 Å². The number of anilines is 1. The molecule has 0 saturated carbocycles. The number of hydrogen-bond donors (Lipinski definition) is 4. The summed E-state index contributed by atoms with van der Waals surface area (Å²) in [5, 5.41) is 11.5. The summed E-state index contributed by atoms with van der Waals surface area (Å²) in [6.45, 7) is 4.09. The van der Waals surface area contributed by atoms with E-state index in [1.807, 2.05) is 13.8 Å². The molecule has 0 heterocycles. The molecule has 0 saturated heterocycles. The van der Waals surface area contributed by atoms with Gasteiger partial charge in [-0.3, -0.25) is 4.72 Å². The molecule has 0 bridgehead atoms. The van der Waals surface area contributed by atoms with Crippen molar-refractivity contribution in [3.8, 4) is 0 Å². The van der Waals surface area contributed by atoms with Gasteiger partial charge in [0.05, 0.1) is 10.7 Å². The minimum Gasteiger partial charge on any atom is -0.409 e. The molecule has 1 rings (SSSR count). The molecule has 0 radical (unpaired) electrons. The first-order chi connectivity index (χ1) is 9.25. The van der Waals surface area contributed by atoms with E-state index in [9.17, 15) is 8.42 Å². The highest BCUT2D eigenvalue weighted by molar-refractivity contribution is 7.90. The van der Waals surface area contributed by atoms with Crippen LogP contribution in [0.2, 0.25) is 5.02 Å². The molecular formula is C11H17ClN4O3S. The molecule has 0 aliphatic rings. The Morgan fingerprint density at radius 2 is 2.15 bits per heavy atom. The molecule has 5 N–H and O–H groups in total. The zero-order valence-corrected chi connectivity index (χ0v) is 12.7. The number of halogens is 1. The van der Waals surface area contributed by atoms with Crippen molar-refractivity contribution in [1.29, 1.82) is 0 Å². The molecule has 0 atom stereocenters. The van der Waals surface area contributed by atoms with Gasteiger partial charge in [0.2, 0.25) is 0 Å². The Morgan fingerprint density at radius 3 is 2.65 bits per heavy atom. The summed E-state index contributed by atoms with van der Waals surface area (Å²) in [6.07, 6.45) is 0. The lowest BCUT2D eigenvalue weighted by molar-refractivity contribution is 0.318. The van der Waals surface area contributed by atoms with Gasteiger partial charge < -0.3 is 10.9 Å². The number of benzene rings is 1. The van der Waals surface area contributed by atoms with E-state index < -0.39 is 10.2 Å². The molecule has 0 unspecified atom stereocenters. The van der Waals surface area contributed by atoms with Gasteiger partial charge in [-0.05, 0) is 24.1 Å². The van der Waals surface area contributed by atoms with Crippen molar-refractivity contribution in [2.45, 2.75) is 13.8 Å². The molecule has 20 heavy (non-hydrogen) atoms. The molecule has 9 heteroatoms. The largest absolute Gasteiger partial charge is 0.409 e. The Bertz CT molecular complexity index is 602. The molecule has 0 aliphatic carbocycles. The second kappa shape index (κ2) is 6.78. The van der Waals surface area contributed by atoms with E-state index in [0.717, 1.165) is 0 Å². The number of amidine groups is 1. The standard InChI is InChI=1S/C11H17ClN4O3S/c1-7(2)6-14-20(18,19)16-10-4-3-8(5-9(10)12)11(13)15-17/h3-5,7,14,16-17H,6H2,1-2H3,(H2,13,15). The molecule has 0 amide bonds. The van der Waals surface area contributed by atoms with Crippen LogP contribution < -0.4 is 15.2 Å². The van der Waals surface area contributed by atoms with E-state index in [2.05, 4.69) is 14.6 Å². The molecule has 1 aromatic carbocycles. The van der Waals surface area contributed by atoms with E-state index >= 15 is 0 Å². The van der Waals surface area contributed by atoms with Crippen LogP contribution in [0.3, 0.4) is 0 Å². The van der Waals surface area contributed by atoms with Crippen LogP contribution in [-0.4, -0.2) is 26.0 Å². The van der Waals surface area contributed by atoms with Gasteiger partial charge in [-0.15, -0.1) is 0 Å². The summed E-state index contributed by atoms with van der Waals surface area (Å²) in [4.78, 5) is 0. The van der Waals surface area contributed by atoms with Gasteiger partial charge >= 0.3 is 0 Å². The lowest BCUT2D eigenvalue weighted by Gasteiger charge is -2.12. The number of hydrogen-bond acceptors (Lipinski definition) is 4. The molecule has 0 fully saturated rings. The zero-order chi connectivity index (χ0) is 15.3. The third kappa shape index (κ3) is 4.87. The van der Waals surface area contributed by atoms with E-state index in [1.165, 1.54) is 18.2 Å². The summed E-state index contributed by atoms with van der Waals surface area (Å²) >= 11 is 5.95. The van der Waals surface area contributed by atoms with Gasteiger partial charge in [0.15, 0.2) is 5.84 Å². The van der Waals surface area contributed by atoms with Crippen LogP contribution in [0.4, 0.5) is 5.69 Å². The van der Waals surface area contributed by atoms with Gasteiger partial charge in [0, 0.05) is 12.1 Å². The summed E-state index contributed by atoms with van der Waals surface area (Å²) in [5.41, 5.74) is 6.00. The van der Waals surface area contributed by atoms with Crippen LogP contribution in [0.5, 0.6) is 0 Å². The van der Waals surface area contributed by atoms with Crippen molar-refractivity contribution in [2.24, 2.45) is 16.8 Å². The summed E-state index contributed by atoms with van der Waals surface area (Å²) in [6, 6.07) is 4.32. The highest BCUT2D eigenvalue weighted by atomic mass is 35.5. The van der Waals surface area contributed by atoms with Crippen molar-refractivity contribution in [2.75, 3.05) is 11.3 Å². The zero-order valence-electron chi connectivity index (χ0n) is 11.1. The number of nitrogens with one attached hydrogen (secondary N) is 2. The van der Waals surface area contributed by atoms with Crippen LogP contribution >= 0.6 is 11.6 Å². The SMILES string of the molecule is CC(C)CNS(=O)(=O)Nc1ccc(/C(N)=N/O)cc1Cl. The first kappa shape index (κ1) is 16.5. The highest BCUT2D eigenvalue weighted by Crippen LogP contribution is 2.23. The Balaban J connectivity index is 2.89. The molecule has 112 valence electrons. The normalized spacial score (nSPS) is 12.7. The molecule has 0 aromatic heterocycles. The number of oxime groups is 1. The Kier molecular flexibility index (Phi) is 5.61. The summed E-state index contributed by atoms with van der Waals surface area (Å²) in [7, 11) is -3.69. The quantitative estimate of drug-likeness (QED) is 0.274. The number of nitrogens with zero attached hydrogens (tertiary/aromatic N) is 1. The second-order valence-electron chi connectivity index (χ2n) is 4.53. The fourth-order valence-corrected chi connectivity index (χ4v) is 2.65. The van der Waals surface area contributed by atoms with E-state index in [0.29, 0.717) is 12.1 Å². The highest BCUT2D eigenvalue weighted by Gasteiger charge is 2.13. The smallest absolute Gasteiger partial charge is 0.299 e. The Hall–Kier alpha value is -1.51. The average molecular weight is 321 g/mol. The molecule has 7 nitrogen and oxygen atoms in total. The van der Waals surface area contributed by atoms with E-state index in [-0.39, 0.29) is 22.5 Å². The molecule has 0 aliphatic heterocycles. The maximum atomic E-state index is 11.8. The molecule has 1 aromatic rings. The second-order valence-corrected chi connectivity index (χ2v) is 6.43. The van der Waals surface area contributed by atoms with Gasteiger partial charge in [0.25, 0.3) is 10.2 Å². The minimum absolute atomic E-state index is 0.112. The fourth-order valence-electron chi connectivity index (χ4n) is 1.27. The van der Waals surface area contributed by atoms with Crippen molar-refractivity contribution in [3.63, 3.8) is 0 Å². The summed E-state index contributed by atoms with van der Waals surface area (Å²) in [5.74, 6) is 0.0734. The number of rotatable bonds is 6. The number of nitrogens with two attached hydrogens (primary N) is 1. The van der Waals surface area contributed by atoms with Crippen LogP contribution in [-0.2, 0) is 10.2 Å². The first-order valence-electron chi connectivity index (χ1n) is 5.80. The van der Waals surface area contributed by atoms with Crippen LogP contribution in [0, 0.1) is 5.92 Å². The van der Waals surface area contributed by atoms with Crippen molar-refractivity contribution in [3.05, 3.63) is 28.8 Å². The average Bonchev–Trinajstić information content (AvgIpc) is 2.38. The lowest BCUT2D eigenvalue weighted by Crippen LogP contribution is -2.33. The monoisotopic (exact) mass is 320 g/mol. The Morgan fingerprint density at radius 1 is 1.50 bits per heavy atom. The van der Waals surface area contributed by atoms with Gasteiger partial charge in [-0.2, -0.15) is 13.1 Å². The van der Waals surface area contributed by atoms with E-state index in [4.69, 9.17) is 22.5 Å². The third-order valence-electron chi connectivity index (χ3n) is 2.30. The van der Waals surface area contributed by atoms with Crippen molar-refractivity contribution >= 4 is 33.3 Å². The maximum absolute atomic E-state index is 11.8. The fraction of sp³-hybridized carbons (Fsp3) is 0.364. The van der Waals surface area contributed by atoms with Gasteiger partial charge in [-0.25, -0.2) is 0 Å². The van der Waals surface area contributed by atoms with Gasteiger partial charge in [-0.1, -0.05) is 30.6 Å². The molecular weight excluding hydrogens is 304 g/mol. The van der Waals surface area contributed by atoms with Crippen LogP contribution in [0.25, 0.3) is 0 Å². The predicted molar refractivity (Wildman–Crippen MR) is 79.3 cm³/mol. The molecule has 0 spiro atoms. The lowest BCUT2D eigenvalue weighted by atomic mass is 10.2. The third-order valence-corrected chi connectivity index (χ3v) is 3.65. The predicted octanol–water partition coefficient (Wildman–Crippen LogP) is 1.34. The first-order valence-corrected chi connectivity index (χ1v) is 7.66. The Labute approximate surface area is 123 Å². The topological polar surface area (TPSA) is 117 Å². The minimum atomic E-state index is -3.69. The van der Waals surface area contributed by atoms with Gasteiger partial charge in [0.1, 0.15) is 0 Å². The maximum Gasteiger partial charge on any atom is 0.299 e. The van der Waals surface area contributed by atoms with Crippen LogP contribution in [0.15, 0.2) is 23.4 Å². The van der Waals surface area contributed by atoms with Crippen LogP contribution in [0.1, 0.15) is 19.4 Å². The van der Waals surface area contributed by atoms with Crippen molar-refractivity contribution in [1.82, 2.24) is 4.72 Å².